The average molecular weight is 420 g/mol. The first-order valence-corrected chi connectivity index (χ1v) is 10.2. The second kappa shape index (κ2) is 8.69. The fraction of sp³-hybridized carbons (Fsp3) is 0.304. The van der Waals surface area contributed by atoms with Crippen molar-refractivity contribution in [2.24, 2.45) is 0 Å². The molecule has 8 nitrogen and oxygen atoms in total. The molecule has 2 aromatic rings. The van der Waals surface area contributed by atoms with Gasteiger partial charge in [-0.15, -0.1) is 0 Å². The summed E-state index contributed by atoms with van der Waals surface area (Å²) in [4.78, 5) is 50.5. The summed E-state index contributed by atoms with van der Waals surface area (Å²) in [5.41, 5.74) is 3.11. The van der Waals surface area contributed by atoms with Crippen LogP contribution < -0.4 is 16.0 Å². The van der Waals surface area contributed by atoms with Gasteiger partial charge < -0.3 is 15.5 Å². The Kier molecular flexibility index (Phi) is 5.81. The van der Waals surface area contributed by atoms with Gasteiger partial charge in [0.05, 0.1) is 0 Å². The fourth-order valence-corrected chi connectivity index (χ4v) is 4.12. The van der Waals surface area contributed by atoms with Crippen LogP contribution in [0.3, 0.4) is 0 Å². The Balaban J connectivity index is 1.42. The highest BCUT2D eigenvalue weighted by Gasteiger charge is 2.39. The third-order valence-corrected chi connectivity index (χ3v) is 5.74. The van der Waals surface area contributed by atoms with Gasteiger partial charge in [0, 0.05) is 25.1 Å². The number of likely N-dealkylation sites (N-methyl/N-ethyl adjacent to an activating group) is 1. The maximum absolute atomic E-state index is 12.8. The smallest absolute Gasteiger partial charge is 0.255 e. The van der Waals surface area contributed by atoms with Crippen molar-refractivity contribution in [3.63, 3.8) is 0 Å². The van der Waals surface area contributed by atoms with Gasteiger partial charge >= 0.3 is 0 Å². The van der Waals surface area contributed by atoms with Gasteiger partial charge in [0.1, 0.15) is 12.1 Å². The molecule has 0 aliphatic carbocycles. The van der Waals surface area contributed by atoms with Crippen LogP contribution in [0.15, 0.2) is 48.5 Å². The summed E-state index contributed by atoms with van der Waals surface area (Å²) in [5, 5.41) is 8.26. The van der Waals surface area contributed by atoms with Crippen LogP contribution >= 0.6 is 0 Å². The van der Waals surface area contributed by atoms with E-state index in [2.05, 4.69) is 16.0 Å². The van der Waals surface area contributed by atoms with Crippen molar-refractivity contribution in [2.75, 3.05) is 7.05 Å². The van der Waals surface area contributed by atoms with E-state index in [1.54, 1.807) is 13.1 Å². The van der Waals surface area contributed by atoms with Crippen LogP contribution in [0.2, 0.25) is 0 Å². The topological polar surface area (TPSA) is 108 Å². The van der Waals surface area contributed by atoms with Crippen LogP contribution in [-0.4, -0.2) is 41.6 Å². The molecule has 4 rings (SSSR count). The minimum Gasteiger partial charge on any atom is -0.350 e. The molecule has 0 spiro atoms. The number of imide groups is 1. The number of nitrogens with one attached hydrogen (secondary N) is 3. The molecule has 1 saturated heterocycles. The van der Waals surface area contributed by atoms with Crippen molar-refractivity contribution in [1.82, 2.24) is 20.9 Å². The number of fused-ring (bicyclic) bond motifs is 1. The molecule has 2 atom stereocenters. The Morgan fingerprint density at radius 3 is 2.65 bits per heavy atom. The normalized spacial score (nSPS) is 19.1. The monoisotopic (exact) mass is 420 g/mol. The van der Waals surface area contributed by atoms with E-state index in [1.807, 2.05) is 42.5 Å². The molecule has 0 aromatic heterocycles. The lowest BCUT2D eigenvalue weighted by Crippen LogP contribution is -2.52. The van der Waals surface area contributed by atoms with E-state index >= 15 is 0 Å². The quantitative estimate of drug-likeness (QED) is 0.605. The Morgan fingerprint density at radius 2 is 1.94 bits per heavy atom. The average Bonchev–Trinajstić information content (AvgIpc) is 3.09. The Hall–Kier alpha value is -3.52. The summed E-state index contributed by atoms with van der Waals surface area (Å²) < 4.78 is 0. The van der Waals surface area contributed by atoms with Crippen LogP contribution in [0, 0.1) is 0 Å². The largest absolute Gasteiger partial charge is 0.350 e. The number of hydrogen-bond donors (Lipinski definition) is 3. The van der Waals surface area contributed by atoms with Gasteiger partial charge in [0.25, 0.3) is 5.91 Å². The number of carbonyl (C=O) groups is 4. The highest BCUT2D eigenvalue weighted by atomic mass is 16.2. The summed E-state index contributed by atoms with van der Waals surface area (Å²) in [6.45, 7) is 0.634. The standard InChI is InChI=1S/C23H24N4O4/c1-24-20(15-5-3-2-4-6-15)22(30)25-12-14-7-8-17-16(11-14)13-27(23(17)31)18-9-10-19(28)26-21(18)29/h2-8,11,18,20,24H,9-10,12-13H2,1H3,(H,25,30)(H,26,28,29). The van der Waals surface area contributed by atoms with Gasteiger partial charge in [-0.05, 0) is 36.2 Å². The van der Waals surface area contributed by atoms with Gasteiger partial charge in [0.2, 0.25) is 17.7 Å². The highest BCUT2D eigenvalue weighted by Crippen LogP contribution is 2.28. The summed E-state index contributed by atoms with van der Waals surface area (Å²) in [5.74, 6) is -1.09. The third kappa shape index (κ3) is 4.20. The van der Waals surface area contributed by atoms with Crippen LogP contribution in [0.4, 0.5) is 0 Å². The van der Waals surface area contributed by atoms with Crippen molar-refractivity contribution >= 4 is 23.6 Å². The zero-order valence-corrected chi connectivity index (χ0v) is 17.2. The number of carbonyl (C=O) groups excluding carboxylic acids is 4. The van der Waals surface area contributed by atoms with E-state index in [4.69, 9.17) is 0 Å². The van der Waals surface area contributed by atoms with E-state index in [1.165, 1.54) is 4.90 Å². The predicted molar refractivity (Wildman–Crippen MR) is 113 cm³/mol. The maximum Gasteiger partial charge on any atom is 0.255 e. The second-order valence-corrected chi connectivity index (χ2v) is 7.74. The first kappa shape index (κ1) is 20.7. The Bertz CT molecular complexity index is 1040. The van der Waals surface area contributed by atoms with Crippen molar-refractivity contribution in [3.05, 3.63) is 70.8 Å². The molecular formula is C23H24N4O4. The first-order chi connectivity index (χ1) is 15.0. The number of amides is 4. The third-order valence-electron chi connectivity index (χ3n) is 5.74. The van der Waals surface area contributed by atoms with E-state index in [9.17, 15) is 19.2 Å². The molecule has 3 N–H and O–H groups in total. The van der Waals surface area contributed by atoms with E-state index < -0.39 is 18.0 Å². The fourth-order valence-electron chi connectivity index (χ4n) is 4.12. The minimum absolute atomic E-state index is 0.143. The predicted octanol–water partition coefficient (Wildman–Crippen LogP) is 1.02. The molecular weight excluding hydrogens is 396 g/mol. The molecule has 4 amide bonds. The van der Waals surface area contributed by atoms with Crippen molar-refractivity contribution in [1.29, 1.82) is 0 Å². The zero-order valence-electron chi connectivity index (χ0n) is 17.2. The SMILES string of the molecule is CNC(C(=O)NCc1ccc2c(c1)CN(C1CCC(=O)NC1=O)C2=O)c1ccccc1. The molecule has 2 aliphatic heterocycles. The summed E-state index contributed by atoms with van der Waals surface area (Å²) in [7, 11) is 1.74. The molecule has 31 heavy (non-hydrogen) atoms. The lowest BCUT2D eigenvalue weighted by Gasteiger charge is -2.29. The van der Waals surface area contributed by atoms with Crippen molar-refractivity contribution < 1.29 is 19.2 Å². The van der Waals surface area contributed by atoms with Crippen LogP contribution in [0.25, 0.3) is 0 Å². The molecule has 2 aliphatic rings. The van der Waals surface area contributed by atoms with Crippen LogP contribution in [-0.2, 0) is 27.5 Å². The molecule has 0 radical (unpaired) electrons. The molecule has 1 fully saturated rings. The van der Waals surface area contributed by atoms with Crippen molar-refractivity contribution in [2.45, 2.75) is 38.0 Å². The molecule has 160 valence electrons. The summed E-state index contributed by atoms with van der Waals surface area (Å²) in [6.07, 6.45) is 0.556. The van der Waals surface area contributed by atoms with Gasteiger partial charge in [-0.25, -0.2) is 0 Å². The summed E-state index contributed by atoms with van der Waals surface area (Å²) in [6, 6.07) is 13.8. The van der Waals surface area contributed by atoms with Gasteiger partial charge in [-0.1, -0.05) is 42.5 Å². The molecule has 2 heterocycles. The minimum atomic E-state index is -0.636. The van der Waals surface area contributed by atoms with Crippen LogP contribution in [0.5, 0.6) is 0 Å². The Morgan fingerprint density at radius 1 is 1.16 bits per heavy atom. The van der Waals surface area contributed by atoms with E-state index in [0.29, 0.717) is 25.1 Å². The van der Waals surface area contributed by atoms with Crippen LogP contribution in [0.1, 0.15) is 45.9 Å². The number of piperidine rings is 1. The number of benzene rings is 2. The Labute approximate surface area is 180 Å². The van der Waals surface area contributed by atoms with Gasteiger partial charge in [0.15, 0.2) is 0 Å². The molecule has 0 saturated carbocycles. The highest BCUT2D eigenvalue weighted by molar-refractivity contribution is 6.05. The number of hydrogen-bond acceptors (Lipinski definition) is 5. The van der Waals surface area contributed by atoms with Crippen molar-refractivity contribution in [3.8, 4) is 0 Å². The lowest BCUT2D eigenvalue weighted by molar-refractivity contribution is -0.137. The molecule has 2 unspecified atom stereocenters. The summed E-state index contributed by atoms with van der Waals surface area (Å²) >= 11 is 0. The van der Waals surface area contributed by atoms with E-state index in [0.717, 1.165) is 16.7 Å². The molecule has 8 heteroatoms. The first-order valence-electron chi connectivity index (χ1n) is 10.2. The zero-order chi connectivity index (χ0) is 22.0. The van der Waals surface area contributed by atoms with Gasteiger partial charge in [-0.2, -0.15) is 0 Å². The van der Waals surface area contributed by atoms with E-state index in [-0.39, 0.29) is 24.1 Å². The maximum atomic E-state index is 12.8. The second-order valence-electron chi connectivity index (χ2n) is 7.74. The molecule has 0 bridgehead atoms. The molecule has 2 aromatic carbocycles. The number of nitrogens with zero attached hydrogens (tertiary/aromatic N) is 1. The van der Waals surface area contributed by atoms with Gasteiger partial charge in [-0.3, -0.25) is 24.5 Å². The number of rotatable bonds is 6. The lowest BCUT2D eigenvalue weighted by atomic mass is 10.0.